The van der Waals surface area contributed by atoms with Gasteiger partial charge in [0.15, 0.2) is 0 Å². The molecule has 0 aliphatic heterocycles. The highest BCUT2D eigenvalue weighted by molar-refractivity contribution is 5.87. The molecular weight excluding hydrogens is 389 g/mol. The van der Waals surface area contributed by atoms with Crippen molar-refractivity contribution in [1.29, 1.82) is 0 Å². The van der Waals surface area contributed by atoms with Crippen LogP contribution in [0.15, 0.2) is 84.9 Å². The van der Waals surface area contributed by atoms with Gasteiger partial charge in [0, 0.05) is 12.1 Å². The Morgan fingerprint density at radius 2 is 1.58 bits per heavy atom. The quantitative estimate of drug-likeness (QED) is 0.345. The fourth-order valence-corrected chi connectivity index (χ4v) is 3.72. The van der Waals surface area contributed by atoms with Crippen LogP contribution in [0.3, 0.4) is 0 Å². The van der Waals surface area contributed by atoms with Crippen molar-refractivity contribution in [3.63, 3.8) is 0 Å². The number of para-hydroxylation sites is 1. The molecule has 4 aromatic carbocycles. The molecule has 31 heavy (non-hydrogen) atoms. The van der Waals surface area contributed by atoms with Crippen LogP contribution in [0, 0.1) is 5.82 Å². The monoisotopic (exact) mass is 415 g/mol. The summed E-state index contributed by atoms with van der Waals surface area (Å²) in [6.07, 6.45) is 0.876. The molecule has 0 amide bonds. The molecule has 0 saturated carbocycles. The lowest BCUT2D eigenvalue weighted by Gasteiger charge is -2.16. The van der Waals surface area contributed by atoms with Gasteiger partial charge in [0.2, 0.25) is 0 Å². The van der Waals surface area contributed by atoms with Crippen LogP contribution in [-0.4, -0.2) is 13.7 Å². The lowest BCUT2D eigenvalue weighted by atomic mass is 10.0. The second-order valence-electron chi connectivity index (χ2n) is 7.42. The van der Waals surface area contributed by atoms with Gasteiger partial charge in [-0.15, -0.1) is 0 Å². The van der Waals surface area contributed by atoms with Gasteiger partial charge in [-0.25, -0.2) is 4.39 Å². The molecule has 1 N–H and O–H groups in total. The Labute approximate surface area is 182 Å². The predicted octanol–water partition coefficient (Wildman–Crippen LogP) is 5.90. The number of ether oxygens (including phenoxy) is 2. The van der Waals surface area contributed by atoms with E-state index in [-0.39, 0.29) is 5.82 Å². The number of nitrogens with one attached hydrogen (secondary N) is 1. The molecule has 158 valence electrons. The van der Waals surface area contributed by atoms with Gasteiger partial charge in [-0.3, -0.25) is 0 Å². The molecule has 0 spiro atoms. The third-order valence-corrected chi connectivity index (χ3v) is 5.37. The molecular formula is C27H26FNO2. The molecule has 0 aliphatic carbocycles. The van der Waals surface area contributed by atoms with E-state index in [4.69, 9.17) is 9.47 Å². The van der Waals surface area contributed by atoms with E-state index in [0.717, 1.165) is 35.6 Å². The second kappa shape index (κ2) is 10.1. The maximum Gasteiger partial charge on any atom is 0.124 e. The summed E-state index contributed by atoms with van der Waals surface area (Å²) in [4.78, 5) is 0. The predicted molar refractivity (Wildman–Crippen MR) is 123 cm³/mol. The van der Waals surface area contributed by atoms with Crippen molar-refractivity contribution in [2.45, 2.75) is 19.6 Å². The molecule has 0 atom stereocenters. The first-order valence-electron chi connectivity index (χ1n) is 10.4. The number of halogens is 1. The molecule has 0 saturated heterocycles. The highest BCUT2D eigenvalue weighted by atomic mass is 19.1. The maximum atomic E-state index is 13.2. The van der Waals surface area contributed by atoms with E-state index in [1.54, 1.807) is 19.2 Å². The van der Waals surface area contributed by atoms with Gasteiger partial charge in [0.1, 0.15) is 23.9 Å². The van der Waals surface area contributed by atoms with Gasteiger partial charge in [-0.2, -0.15) is 0 Å². The van der Waals surface area contributed by atoms with Crippen molar-refractivity contribution in [2.75, 3.05) is 13.7 Å². The van der Waals surface area contributed by atoms with Crippen LogP contribution in [0.5, 0.6) is 11.5 Å². The fraction of sp³-hybridized carbons (Fsp3) is 0.185. The molecule has 0 unspecified atom stereocenters. The summed E-state index contributed by atoms with van der Waals surface area (Å²) in [5.74, 6) is 1.51. The molecule has 3 nitrogen and oxygen atoms in total. The minimum atomic E-state index is -0.241. The van der Waals surface area contributed by atoms with Gasteiger partial charge >= 0.3 is 0 Å². The largest absolute Gasteiger partial charge is 0.496 e. The van der Waals surface area contributed by atoms with E-state index >= 15 is 0 Å². The van der Waals surface area contributed by atoms with E-state index in [0.29, 0.717) is 13.2 Å². The number of hydrogen-bond donors (Lipinski definition) is 1. The van der Waals surface area contributed by atoms with Crippen LogP contribution < -0.4 is 14.8 Å². The van der Waals surface area contributed by atoms with E-state index in [9.17, 15) is 4.39 Å². The standard InChI is InChI=1S/C27H26FNO2/c1-30-26-9-5-3-7-22(26)16-17-29-18-25-24-8-4-2-6-21(24)12-15-27(25)31-19-20-10-13-23(28)14-11-20/h2-15,29H,16-19H2,1H3. The summed E-state index contributed by atoms with van der Waals surface area (Å²) < 4.78 is 24.8. The zero-order valence-corrected chi connectivity index (χ0v) is 17.6. The van der Waals surface area contributed by atoms with Crippen LogP contribution in [-0.2, 0) is 19.6 Å². The Morgan fingerprint density at radius 1 is 0.806 bits per heavy atom. The number of methoxy groups -OCH3 is 1. The van der Waals surface area contributed by atoms with E-state index in [2.05, 4.69) is 29.6 Å². The van der Waals surface area contributed by atoms with Crippen LogP contribution >= 0.6 is 0 Å². The normalized spacial score (nSPS) is 10.9. The number of rotatable bonds is 9. The first-order chi connectivity index (χ1) is 15.2. The summed E-state index contributed by atoms with van der Waals surface area (Å²) in [5.41, 5.74) is 3.24. The first kappa shape index (κ1) is 20.9. The van der Waals surface area contributed by atoms with Gasteiger partial charge < -0.3 is 14.8 Å². The summed E-state index contributed by atoms with van der Waals surface area (Å²) in [6.45, 7) is 1.91. The van der Waals surface area contributed by atoms with Crippen molar-refractivity contribution < 1.29 is 13.9 Å². The zero-order chi connectivity index (χ0) is 21.5. The molecule has 4 aromatic rings. The smallest absolute Gasteiger partial charge is 0.124 e. The summed E-state index contributed by atoms with van der Waals surface area (Å²) >= 11 is 0. The molecule has 0 bridgehead atoms. The number of fused-ring (bicyclic) bond motifs is 1. The first-order valence-corrected chi connectivity index (χ1v) is 10.4. The molecule has 0 radical (unpaired) electrons. The Bertz CT molecular complexity index is 1140. The van der Waals surface area contributed by atoms with Crippen molar-refractivity contribution >= 4 is 10.8 Å². The van der Waals surface area contributed by atoms with Gasteiger partial charge in [0.25, 0.3) is 0 Å². The van der Waals surface area contributed by atoms with E-state index in [1.165, 1.54) is 28.5 Å². The van der Waals surface area contributed by atoms with Crippen molar-refractivity contribution in [1.82, 2.24) is 5.32 Å². The van der Waals surface area contributed by atoms with Crippen molar-refractivity contribution in [3.05, 3.63) is 107 Å². The van der Waals surface area contributed by atoms with Crippen LogP contribution in [0.1, 0.15) is 16.7 Å². The second-order valence-corrected chi connectivity index (χ2v) is 7.42. The van der Waals surface area contributed by atoms with Crippen molar-refractivity contribution in [3.8, 4) is 11.5 Å². The Balaban J connectivity index is 1.48. The Morgan fingerprint density at radius 3 is 2.42 bits per heavy atom. The third kappa shape index (κ3) is 5.22. The van der Waals surface area contributed by atoms with Crippen LogP contribution in [0.2, 0.25) is 0 Å². The fourth-order valence-electron chi connectivity index (χ4n) is 3.72. The lowest BCUT2D eigenvalue weighted by molar-refractivity contribution is 0.302. The lowest BCUT2D eigenvalue weighted by Crippen LogP contribution is -2.18. The van der Waals surface area contributed by atoms with E-state index in [1.807, 2.05) is 36.4 Å². The molecule has 0 fully saturated rings. The number of hydrogen-bond acceptors (Lipinski definition) is 3. The Hall–Kier alpha value is -3.37. The highest BCUT2D eigenvalue weighted by Crippen LogP contribution is 2.29. The summed E-state index contributed by atoms with van der Waals surface area (Å²) in [5, 5.41) is 5.90. The SMILES string of the molecule is COc1ccccc1CCNCc1c(OCc2ccc(F)cc2)ccc2ccccc12. The summed E-state index contributed by atoms with van der Waals surface area (Å²) in [6, 6.07) is 26.9. The van der Waals surface area contributed by atoms with Gasteiger partial charge in [-0.1, -0.05) is 60.7 Å². The maximum absolute atomic E-state index is 13.2. The highest BCUT2D eigenvalue weighted by Gasteiger charge is 2.10. The minimum absolute atomic E-state index is 0.241. The molecule has 0 heterocycles. The summed E-state index contributed by atoms with van der Waals surface area (Å²) in [7, 11) is 1.70. The third-order valence-electron chi connectivity index (χ3n) is 5.37. The van der Waals surface area contributed by atoms with E-state index < -0.39 is 0 Å². The average molecular weight is 416 g/mol. The molecule has 0 aromatic heterocycles. The van der Waals surface area contributed by atoms with Gasteiger partial charge in [0.05, 0.1) is 7.11 Å². The van der Waals surface area contributed by atoms with Crippen LogP contribution in [0.25, 0.3) is 10.8 Å². The Kier molecular flexibility index (Phi) is 6.80. The van der Waals surface area contributed by atoms with Crippen molar-refractivity contribution in [2.24, 2.45) is 0 Å². The zero-order valence-electron chi connectivity index (χ0n) is 17.6. The topological polar surface area (TPSA) is 30.5 Å². The van der Waals surface area contributed by atoms with Crippen LogP contribution in [0.4, 0.5) is 4.39 Å². The van der Waals surface area contributed by atoms with Gasteiger partial charge in [-0.05, 0) is 59.1 Å². The molecule has 4 heteroatoms. The number of benzene rings is 4. The molecule has 4 rings (SSSR count). The minimum Gasteiger partial charge on any atom is -0.496 e. The molecule has 0 aliphatic rings. The average Bonchev–Trinajstić information content (AvgIpc) is 2.82.